The van der Waals surface area contributed by atoms with Gasteiger partial charge in [0.05, 0.1) is 12.7 Å². The molecule has 122 valence electrons. The van der Waals surface area contributed by atoms with E-state index in [0.29, 0.717) is 30.5 Å². The maximum atomic E-state index is 12.7. The first kappa shape index (κ1) is 17.0. The zero-order valence-electron chi connectivity index (χ0n) is 14.3. The number of hydrogen-bond acceptors (Lipinski definition) is 3. The summed E-state index contributed by atoms with van der Waals surface area (Å²) < 4.78 is 11.1. The van der Waals surface area contributed by atoms with Gasteiger partial charge >= 0.3 is 0 Å². The van der Waals surface area contributed by atoms with Crippen molar-refractivity contribution in [2.24, 2.45) is 0 Å². The van der Waals surface area contributed by atoms with Crippen LogP contribution in [-0.4, -0.2) is 45.9 Å². The molecule has 0 unspecified atom stereocenters. The molecule has 4 nitrogen and oxygen atoms in total. The molecule has 0 saturated heterocycles. The maximum absolute atomic E-state index is 12.7. The zero-order valence-corrected chi connectivity index (χ0v) is 15.3. The van der Waals surface area contributed by atoms with Crippen molar-refractivity contribution >= 4 is 14.0 Å². The Hall–Kier alpha value is -1.33. The first-order valence-electron chi connectivity index (χ1n) is 7.87. The number of fused-ring (bicyclic) bond motifs is 1. The summed E-state index contributed by atoms with van der Waals surface area (Å²) >= 11 is 0. The van der Waals surface area contributed by atoms with Crippen molar-refractivity contribution in [2.75, 3.05) is 27.0 Å². The van der Waals surface area contributed by atoms with E-state index >= 15 is 0 Å². The SMILES string of the molecule is COc1cccc2c1C(=O)N(COCC[Si](C)(C)C)C[C@@H]2C. The van der Waals surface area contributed by atoms with E-state index in [0.717, 1.165) is 18.2 Å². The second kappa shape index (κ2) is 6.83. The lowest BCUT2D eigenvalue weighted by atomic mass is 9.90. The lowest BCUT2D eigenvalue weighted by Gasteiger charge is -2.33. The number of ether oxygens (including phenoxy) is 2. The smallest absolute Gasteiger partial charge is 0.259 e. The summed E-state index contributed by atoms with van der Waals surface area (Å²) in [5.41, 5.74) is 1.76. The van der Waals surface area contributed by atoms with Crippen molar-refractivity contribution in [1.29, 1.82) is 0 Å². The molecule has 0 fully saturated rings. The van der Waals surface area contributed by atoms with Gasteiger partial charge in [0.15, 0.2) is 0 Å². The molecular formula is C17H27NO3Si. The van der Waals surface area contributed by atoms with Crippen LogP contribution in [0.4, 0.5) is 0 Å². The number of hydrogen-bond donors (Lipinski definition) is 0. The van der Waals surface area contributed by atoms with Gasteiger partial charge in [0.25, 0.3) is 5.91 Å². The van der Waals surface area contributed by atoms with Gasteiger partial charge in [-0.05, 0) is 23.6 Å². The Labute approximate surface area is 134 Å². The van der Waals surface area contributed by atoms with Crippen LogP contribution in [0.2, 0.25) is 25.7 Å². The van der Waals surface area contributed by atoms with E-state index in [1.807, 2.05) is 18.2 Å². The first-order chi connectivity index (χ1) is 10.3. The minimum Gasteiger partial charge on any atom is -0.496 e. The Morgan fingerprint density at radius 3 is 2.68 bits per heavy atom. The number of nitrogens with zero attached hydrogens (tertiary/aromatic N) is 1. The van der Waals surface area contributed by atoms with Gasteiger partial charge in [-0.2, -0.15) is 0 Å². The second-order valence-electron chi connectivity index (χ2n) is 7.20. The van der Waals surface area contributed by atoms with Gasteiger partial charge in [-0.3, -0.25) is 4.79 Å². The van der Waals surface area contributed by atoms with E-state index in [1.54, 1.807) is 12.0 Å². The standard InChI is InChI=1S/C17H27NO3Si/c1-13-11-18(12-21-9-10-22(3,4)5)17(19)16-14(13)7-6-8-15(16)20-2/h6-8,13H,9-12H2,1-5H3/t13-/m0/s1. The summed E-state index contributed by atoms with van der Waals surface area (Å²) in [4.78, 5) is 14.5. The van der Waals surface area contributed by atoms with Crippen LogP contribution in [0.5, 0.6) is 5.75 Å². The van der Waals surface area contributed by atoms with E-state index < -0.39 is 8.07 Å². The summed E-state index contributed by atoms with van der Waals surface area (Å²) in [5.74, 6) is 0.961. The molecule has 5 heteroatoms. The van der Waals surface area contributed by atoms with Gasteiger partial charge in [0, 0.05) is 21.2 Å². The quantitative estimate of drug-likeness (QED) is 0.594. The Morgan fingerprint density at radius 2 is 2.05 bits per heavy atom. The molecule has 1 amide bonds. The van der Waals surface area contributed by atoms with Crippen molar-refractivity contribution < 1.29 is 14.3 Å². The normalized spacial score (nSPS) is 18.3. The second-order valence-corrected chi connectivity index (χ2v) is 12.8. The van der Waals surface area contributed by atoms with Crippen LogP contribution in [0.3, 0.4) is 0 Å². The monoisotopic (exact) mass is 321 g/mol. The highest BCUT2D eigenvalue weighted by molar-refractivity contribution is 6.76. The average Bonchev–Trinajstić information content (AvgIpc) is 2.46. The Morgan fingerprint density at radius 1 is 1.32 bits per heavy atom. The fourth-order valence-electron chi connectivity index (χ4n) is 2.69. The number of methoxy groups -OCH3 is 1. The van der Waals surface area contributed by atoms with Crippen LogP contribution in [0.25, 0.3) is 0 Å². The third-order valence-corrected chi connectivity index (χ3v) is 5.75. The van der Waals surface area contributed by atoms with Gasteiger partial charge in [0.2, 0.25) is 0 Å². The van der Waals surface area contributed by atoms with Crippen molar-refractivity contribution in [3.8, 4) is 5.75 Å². The molecule has 0 aromatic heterocycles. The molecule has 1 atom stereocenters. The Bertz CT molecular complexity index is 539. The summed E-state index contributed by atoms with van der Waals surface area (Å²) in [5, 5.41) is 0. The van der Waals surface area contributed by atoms with E-state index in [9.17, 15) is 4.79 Å². The number of carbonyl (C=O) groups excluding carboxylic acids is 1. The molecule has 1 aromatic rings. The molecule has 0 bridgehead atoms. The minimum absolute atomic E-state index is 0.0125. The predicted molar refractivity (Wildman–Crippen MR) is 91.4 cm³/mol. The van der Waals surface area contributed by atoms with Crippen LogP contribution in [0.1, 0.15) is 28.8 Å². The lowest BCUT2D eigenvalue weighted by molar-refractivity contribution is 0.0234. The predicted octanol–water partition coefficient (Wildman–Crippen LogP) is 3.57. The van der Waals surface area contributed by atoms with Crippen molar-refractivity contribution in [1.82, 2.24) is 4.90 Å². The molecule has 1 heterocycles. The van der Waals surface area contributed by atoms with Crippen LogP contribution in [0.15, 0.2) is 18.2 Å². The summed E-state index contributed by atoms with van der Waals surface area (Å²) in [7, 11) is 0.513. The largest absolute Gasteiger partial charge is 0.496 e. The van der Waals surface area contributed by atoms with Crippen molar-refractivity contribution in [3.63, 3.8) is 0 Å². The third-order valence-electron chi connectivity index (χ3n) is 4.05. The number of rotatable bonds is 6. The Kier molecular flexibility index (Phi) is 5.29. The van der Waals surface area contributed by atoms with Crippen molar-refractivity contribution in [2.45, 2.75) is 38.5 Å². The molecule has 0 aliphatic carbocycles. The van der Waals surface area contributed by atoms with Gasteiger partial charge in [-0.15, -0.1) is 0 Å². The highest BCUT2D eigenvalue weighted by Crippen LogP contribution is 2.33. The number of carbonyl (C=O) groups is 1. The van der Waals surface area contributed by atoms with E-state index in [2.05, 4.69) is 26.6 Å². The molecular weight excluding hydrogens is 294 g/mol. The molecule has 1 aromatic carbocycles. The molecule has 22 heavy (non-hydrogen) atoms. The fourth-order valence-corrected chi connectivity index (χ4v) is 3.45. The van der Waals surface area contributed by atoms with Crippen LogP contribution in [-0.2, 0) is 4.74 Å². The minimum atomic E-state index is -1.10. The lowest BCUT2D eigenvalue weighted by Crippen LogP contribution is -2.41. The van der Waals surface area contributed by atoms with E-state index in [1.165, 1.54) is 0 Å². The summed E-state index contributed by atoms with van der Waals surface area (Å²) in [6, 6.07) is 6.93. The first-order valence-corrected chi connectivity index (χ1v) is 11.6. The average molecular weight is 321 g/mol. The van der Waals surface area contributed by atoms with Crippen molar-refractivity contribution in [3.05, 3.63) is 29.3 Å². The topological polar surface area (TPSA) is 38.8 Å². The summed E-state index contributed by atoms with van der Waals surface area (Å²) in [6.45, 7) is 10.9. The van der Waals surface area contributed by atoms with Crippen LogP contribution in [0, 0.1) is 0 Å². The van der Waals surface area contributed by atoms with Gasteiger partial charge in [0.1, 0.15) is 12.5 Å². The van der Waals surface area contributed by atoms with E-state index in [4.69, 9.17) is 9.47 Å². The highest BCUT2D eigenvalue weighted by Gasteiger charge is 2.31. The molecule has 2 rings (SSSR count). The third kappa shape index (κ3) is 3.90. The highest BCUT2D eigenvalue weighted by atomic mass is 28.3. The van der Waals surface area contributed by atoms with Gasteiger partial charge < -0.3 is 14.4 Å². The fraction of sp³-hybridized carbons (Fsp3) is 0.588. The van der Waals surface area contributed by atoms with Crippen LogP contribution < -0.4 is 4.74 Å². The number of amides is 1. The van der Waals surface area contributed by atoms with E-state index in [-0.39, 0.29) is 5.91 Å². The van der Waals surface area contributed by atoms with Gasteiger partial charge in [-0.25, -0.2) is 0 Å². The van der Waals surface area contributed by atoms with Crippen LogP contribution >= 0.6 is 0 Å². The maximum Gasteiger partial charge on any atom is 0.259 e. The zero-order chi connectivity index (χ0) is 16.3. The number of benzene rings is 1. The summed E-state index contributed by atoms with van der Waals surface area (Å²) in [6.07, 6.45) is 0. The molecule has 1 aliphatic rings. The molecule has 1 aliphatic heterocycles. The molecule has 0 spiro atoms. The Balaban J connectivity index is 2.05. The van der Waals surface area contributed by atoms with Gasteiger partial charge in [-0.1, -0.05) is 38.7 Å². The molecule has 0 radical (unpaired) electrons. The molecule has 0 saturated carbocycles. The molecule has 0 N–H and O–H groups in total.